The van der Waals surface area contributed by atoms with Gasteiger partial charge in [-0.25, -0.2) is 9.97 Å². The van der Waals surface area contributed by atoms with Crippen LogP contribution in [-0.4, -0.2) is 21.6 Å². The molecular formula is C15H14N4O2S. The maximum Gasteiger partial charge on any atom is 0.227 e. The summed E-state index contributed by atoms with van der Waals surface area (Å²) in [6.07, 6.45) is 2.09. The third-order valence-corrected chi connectivity index (χ3v) is 4.27. The standard InChI is InChI=1S/C15H14N4O2S/c1-8-2-5-11(21-8)13-10(6-16)15(22-7-12(17)20)19-14(18-13)9-3-4-9/h2,5,9H,3-4,7H2,1H3,(H2,17,20). The van der Waals surface area contributed by atoms with Gasteiger partial charge in [-0.15, -0.1) is 0 Å². The second kappa shape index (κ2) is 5.81. The first-order valence-electron chi connectivity index (χ1n) is 6.88. The van der Waals surface area contributed by atoms with E-state index in [-0.39, 0.29) is 5.75 Å². The summed E-state index contributed by atoms with van der Waals surface area (Å²) in [6, 6.07) is 5.74. The Balaban J connectivity index is 2.10. The molecule has 1 aliphatic carbocycles. The van der Waals surface area contributed by atoms with Crippen molar-refractivity contribution >= 4 is 17.7 Å². The van der Waals surface area contributed by atoms with Crippen molar-refractivity contribution in [2.24, 2.45) is 5.73 Å². The van der Waals surface area contributed by atoms with Crippen LogP contribution < -0.4 is 5.73 Å². The topological polar surface area (TPSA) is 106 Å². The molecule has 6 nitrogen and oxygen atoms in total. The van der Waals surface area contributed by atoms with E-state index in [1.807, 2.05) is 13.0 Å². The molecule has 2 aromatic heterocycles. The number of amides is 1. The molecule has 1 aliphatic rings. The average molecular weight is 314 g/mol. The van der Waals surface area contributed by atoms with Crippen molar-refractivity contribution < 1.29 is 9.21 Å². The fourth-order valence-corrected chi connectivity index (χ4v) is 2.79. The fourth-order valence-electron chi connectivity index (χ4n) is 2.07. The van der Waals surface area contributed by atoms with E-state index in [1.165, 1.54) is 0 Å². The third-order valence-electron chi connectivity index (χ3n) is 3.27. The number of nitrogens with two attached hydrogens (primary N) is 1. The van der Waals surface area contributed by atoms with E-state index in [0.29, 0.717) is 33.8 Å². The van der Waals surface area contributed by atoms with Gasteiger partial charge in [0.25, 0.3) is 0 Å². The molecule has 2 aromatic rings. The minimum absolute atomic E-state index is 0.0758. The average Bonchev–Trinajstić information content (AvgIpc) is 3.26. The van der Waals surface area contributed by atoms with Crippen LogP contribution in [0.5, 0.6) is 0 Å². The number of furan rings is 1. The molecule has 3 rings (SSSR count). The van der Waals surface area contributed by atoms with Gasteiger partial charge in [-0.2, -0.15) is 5.26 Å². The lowest BCUT2D eigenvalue weighted by Crippen LogP contribution is -2.13. The van der Waals surface area contributed by atoms with Crippen molar-refractivity contribution in [3.63, 3.8) is 0 Å². The SMILES string of the molecule is Cc1ccc(-c2nc(C3CC3)nc(SCC(N)=O)c2C#N)o1. The van der Waals surface area contributed by atoms with Gasteiger partial charge in [0.2, 0.25) is 5.91 Å². The number of hydrogen-bond acceptors (Lipinski definition) is 6. The minimum atomic E-state index is -0.448. The Bertz CT molecular complexity index is 774. The van der Waals surface area contributed by atoms with E-state index < -0.39 is 5.91 Å². The van der Waals surface area contributed by atoms with Crippen LogP contribution in [-0.2, 0) is 4.79 Å². The fraction of sp³-hybridized carbons (Fsp3) is 0.333. The van der Waals surface area contributed by atoms with Crippen molar-refractivity contribution in [2.75, 3.05) is 5.75 Å². The van der Waals surface area contributed by atoms with Crippen molar-refractivity contribution in [2.45, 2.75) is 30.7 Å². The predicted molar refractivity (Wildman–Crippen MR) is 81.1 cm³/mol. The van der Waals surface area contributed by atoms with E-state index in [1.54, 1.807) is 6.07 Å². The van der Waals surface area contributed by atoms with Gasteiger partial charge in [0, 0.05) is 5.92 Å². The zero-order chi connectivity index (χ0) is 15.7. The summed E-state index contributed by atoms with van der Waals surface area (Å²) >= 11 is 1.16. The Morgan fingerprint density at radius 3 is 2.82 bits per heavy atom. The number of hydrogen-bond donors (Lipinski definition) is 1. The Morgan fingerprint density at radius 2 is 2.27 bits per heavy atom. The van der Waals surface area contributed by atoms with Gasteiger partial charge in [-0.3, -0.25) is 4.79 Å². The molecule has 7 heteroatoms. The molecule has 0 saturated heterocycles. The van der Waals surface area contributed by atoms with E-state index in [4.69, 9.17) is 10.2 Å². The van der Waals surface area contributed by atoms with Crippen LogP contribution in [0.4, 0.5) is 0 Å². The Morgan fingerprint density at radius 1 is 1.50 bits per heavy atom. The number of primary amides is 1. The van der Waals surface area contributed by atoms with Gasteiger partial charge in [-0.05, 0) is 31.9 Å². The normalized spacial score (nSPS) is 13.8. The molecule has 1 saturated carbocycles. The highest BCUT2D eigenvalue weighted by Gasteiger charge is 2.29. The smallest absolute Gasteiger partial charge is 0.227 e. The summed E-state index contributed by atoms with van der Waals surface area (Å²) in [5, 5.41) is 9.96. The first-order chi connectivity index (χ1) is 10.6. The molecule has 2 N–H and O–H groups in total. The van der Waals surface area contributed by atoms with Crippen LogP contribution in [0.2, 0.25) is 0 Å². The van der Waals surface area contributed by atoms with Gasteiger partial charge in [0.05, 0.1) is 5.75 Å². The third kappa shape index (κ3) is 2.97. The van der Waals surface area contributed by atoms with Gasteiger partial charge >= 0.3 is 0 Å². The lowest BCUT2D eigenvalue weighted by atomic mass is 10.2. The molecule has 0 radical (unpaired) electrons. The molecule has 0 atom stereocenters. The van der Waals surface area contributed by atoms with Gasteiger partial charge in [0.15, 0.2) is 5.76 Å². The molecule has 2 heterocycles. The second-order valence-electron chi connectivity index (χ2n) is 5.16. The van der Waals surface area contributed by atoms with Crippen molar-refractivity contribution in [3.8, 4) is 17.5 Å². The minimum Gasteiger partial charge on any atom is -0.460 e. The van der Waals surface area contributed by atoms with Crippen LogP contribution in [0.15, 0.2) is 21.6 Å². The summed E-state index contributed by atoms with van der Waals surface area (Å²) in [6.45, 7) is 1.83. The zero-order valence-corrected chi connectivity index (χ0v) is 12.8. The van der Waals surface area contributed by atoms with Crippen LogP contribution in [0.25, 0.3) is 11.5 Å². The van der Waals surface area contributed by atoms with Gasteiger partial charge in [-0.1, -0.05) is 11.8 Å². The van der Waals surface area contributed by atoms with Crippen LogP contribution in [0.1, 0.15) is 35.9 Å². The Kier molecular flexibility index (Phi) is 3.86. The summed E-state index contributed by atoms with van der Waals surface area (Å²) in [7, 11) is 0. The summed E-state index contributed by atoms with van der Waals surface area (Å²) in [5.74, 6) is 1.95. The van der Waals surface area contributed by atoms with E-state index in [2.05, 4.69) is 16.0 Å². The van der Waals surface area contributed by atoms with Crippen LogP contribution in [0, 0.1) is 18.3 Å². The maximum absolute atomic E-state index is 11.0. The van der Waals surface area contributed by atoms with E-state index in [0.717, 1.165) is 30.4 Å². The summed E-state index contributed by atoms with van der Waals surface area (Å²) < 4.78 is 5.61. The number of nitrogens with zero attached hydrogens (tertiary/aromatic N) is 3. The number of rotatable bonds is 5. The lowest BCUT2D eigenvalue weighted by Gasteiger charge is -2.08. The van der Waals surface area contributed by atoms with Gasteiger partial charge < -0.3 is 10.2 Å². The molecule has 1 amide bonds. The summed E-state index contributed by atoms with van der Waals surface area (Å²) in [4.78, 5) is 20.0. The molecule has 112 valence electrons. The molecule has 0 spiro atoms. The largest absolute Gasteiger partial charge is 0.460 e. The highest BCUT2D eigenvalue weighted by Crippen LogP contribution is 2.40. The highest BCUT2D eigenvalue weighted by atomic mass is 32.2. The van der Waals surface area contributed by atoms with E-state index >= 15 is 0 Å². The molecule has 0 aliphatic heterocycles. The monoisotopic (exact) mass is 314 g/mol. The van der Waals surface area contributed by atoms with Crippen molar-refractivity contribution in [3.05, 3.63) is 29.3 Å². The first-order valence-corrected chi connectivity index (χ1v) is 7.87. The lowest BCUT2D eigenvalue weighted by molar-refractivity contribution is -0.115. The zero-order valence-electron chi connectivity index (χ0n) is 12.0. The van der Waals surface area contributed by atoms with Gasteiger partial charge in [0.1, 0.15) is 33.9 Å². The predicted octanol–water partition coefficient (Wildman–Crippen LogP) is 2.37. The number of aromatic nitrogens is 2. The quantitative estimate of drug-likeness (QED) is 0.671. The van der Waals surface area contributed by atoms with Crippen molar-refractivity contribution in [1.29, 1.82) is 5.26 Å². The van der Waals surface area contributed by atoms with Crippen LogP contribution in [0.3, 0.4) is 0 Å². The number of carbonyl (C=O) groups is 1. The molecular weight excluding hydrogens is 300 g/mol. The molecule has 0 aromatic carbocycles. The summed E-state index contributed by atoms with van der Waals surface area (Å²) in [5.41, 5.74) is 6.00. The Labute approximate surface area is 131 Å². The molecule has 1 fully saturated rings. The van der Waals surface area contributed by atoms with E-state index in [9.17, 15) is 10.1 Å². The second-order valence-corrected chi connectivity index (χ2v) is 6.13. The number of carbonyl (C=O) groups excluding carboxylic acids is 1. The maximum atomic E-state index is 11.0. The Hall–Kier alpha value is -2.33. The number of thioether (sulfide) groups is 1. The first kappa shape index (κ1) is 14.6. The molecule has 22 heavy (non-hydrogen) atoms. The van der Waals surface area contributed by atoms with Crippen LogP contribution >= 0.6 is 11.8 Å². The molecule has 0 bridgehead atoms. The number of aryl methyl sites for hydroxylation is 1. The number of nitriles is 1. The van der Waals surface area contributed by atoms with Crippen molar-refractivity contribution in [1.82, 2.24) is 9.97 Å². The molecule has 0 unspecified atom stereocenters. The highest BCUT2D eigenvalue weighted by molar-refractivity contribution is 8.00.